The molecule has 0 bridgehead atoms. The summed E-state index contributed by atoms with van der Waals surface area (Å²) in [5.41, 5.74) is 0.0496. The third-order valence-electron chi connectivity index (χ3n) is 5.64. The monoisotopic (exact) mass is 475 g/mol. The quantitative estimate of drug-likeness (QED) is 0.544. The molecule has 2 aliphatic rings. The van der Waals surface area contributed by atoms with E-state index in [9.17, 15) is 13.6 Å². The average Bonchev–Trinajstić information content (AvgIpc) is 3.26. The molecule has 5 rings (SSSR count). The van der Waals surface area contributed by atoms with Crippen LogP contribution in [-0.4, -0.2) is 67.9 Å². The van der Waals surface area contributed by atoms with E-state index in [0.717, 1.165) is 37.0 Å². The van der Waals surface area contributed by atoms with Gasteiger partial charge in [-0.05, 0) is 24.6 Å². The highest BCUT2D eigenvalue weighted by atomic mass is 32.1. The second kappa shape index (κ2) is 9.58. The molecule has 3 aromatic rings. The van der Waals surface area contributed by atoms with Gasteiger partial charge in [-0.3, -0.25) is 14.6 Å². The lowest BCUT2D eigenvalue weighted by atomic mass is 10.2. The molecule has 33 heavy (non-hydrogen) atoms. The van der Waals surface area contributed by atoms with E-state index < -0.39 is 17.7 Å². The topological polar surface area (TPSA) is 64.1 Å². The van der Waals surface area contributed by atoms with Crippen molar-refractivity contribution in [1.82, 2.24) is 9.88 Å². The van der Waals surface area contributed by atoms with E-state index in [0.29, 0.717) is 47.5 Å². The minimum atomic E-state index is -0.864. The molecule has 1 aromatic heterocycles. The fourth-order valence-electron chi connectivity index (χ4n) is 3.95. The van der Waals surface area contributed by atoms with Crippen LogP contribution in [0.5, 0.6) is 11.5 Å². The van der Waals surface area contributed by atoms with Gasteiger partial charge in [0.15, 0.2) is 22.4 Å². The van der Waals surface area contributed by atoms with Gasteiger partial charge >= 0.3 is 0 Å². The average molecular weight is 476 g/mol. The van der Waals surface area contributed by atoms with Crippen LogP contribution in [0.4, 0.5) is 13.9 Å². The zero-order valence-corrected chi connectivity index (χ0v) is 18.7. The number of anilines is 1. The third kappa shape index (κ3) is 4.78. The normalized spacial score (nSPS) is 18.4. The van der Waals surface area contributed by atoms with E-state index >= 15 is 0 Å². The Balaban J connectivity index is 1.38. The predicted molar refractivity (Wildman–Crippen MR) is 120 cm³/mol. The Kier molecular flexibility index (Phi) is 6.39. The maximum absolute atomic E-state index is 14.3. The number of amides is 1. The maximum Gasteiger partial charge on any atom is 0.273 e. The van der Waals surface area contributed by atoms with Crippen LogP contribution in [0.15, 0.2) is 36.4 Å². The van der Waals surface area contributed by atoms with Gasteiger partial charge in [0.2, 0.25) is 6.10 Å². The number of carbonyl (C=O) groups is 1. The summed E-state index contributed by atoms with van der Waals surface area (Å²) < 4.78 is 45.3. The number of thiazole rings is 1. The second-order valence-corrected chi connectivity index (χ2v) is 8.90. The van der Waals surface area contributed by atoms with Gasteiger partial charge in [0.1, 0.15) is 17.9 Å². The molecule has 3 heterocycles. The number of benzene rings is 2. The molecule has 0 N–H and O–H groups in total. The fraction of sp³-hybridized carbons (Fsp3) is 0.391. The Morgan fingerprint density at radius 1 is 1.18 bits per heavy atom. The lowest BCUT2D eigenvalue weighted by Crippen LogP contribution is -2.47. The molecule has 2 aromatic carbocycles. The van der Waals surface area contributed by atoms with Crippen LogP contribution in [0.1, 0.15) is 6.42 Å². The number of para-hydroxylation sites is 2. The lowest BCUT2D eigenvalue weighted by Gasteiger charge is -2.31. The predicted octanol–water partition coefficient (Wildman–Crippen LogP) is 3.47. The fourth-order valence-corrected chi connectivity index (χ4v) is 4.99. The summed E-state index contributed by atoms with van der Waals surface area (Å²) in [5, 5.41) is 0.309. The van der Waals surface area contributed by atoms with E-state index in [1.165, 1.54) is 11.0 Å². The number of hydrogen-bond acceptors (Lipinski definition) is 7. The van der Waals surface area contributed by atoms with Crippen molar-refractivity contribution >= 4 is 32.6 Å². The van der Waals surface area contributed by atoms with Crippen molar-refractivity contribution in [3.8, 4) is 11.5 Å². The van der Waals surface area contributed by atoms with Gasteiger partial charge in [-0.15, -0.1) is 0 Å². The van der Waals surface area contributed by atoms with Gasteiger partial charge in [-0.25, -0.2) is 13.8 Å². The van der Waals surface area contributed by atoms with Crippen LogP contribution in [0.25, 0.3) is 10.2 Å². The van der Waals surface area contributed by atoms with Crippen molar-refractivity contribution in [3.63, 3.8) is 0 Å². The van der Waals surface area contributed by atoms with Crippen LogP contribution < -0.4 is 14.4 Å². The van der Waals surface area contributed by atoms with Gasteiger partial charge in [-0.1, -0.05) is 23.5 Å². The largest absolute Gasteiger partial charge is 0.485 e. The molecule has 0 radical (unpaired) electrons. The molecule has 0 saturated carbocycles. The smallest absolute Gasteiger partial charge is 0.273 e. The van der Waals surface area contributed by atoms with Crippen LogP contribution in [0, 0.1) is 11.6 Å². The molecule has 7 nitrogen and oxygen atoms in total. The molecule has 1 amide bonds. The number of hydrogen-bond donors (Lipinski definition) is 0. The molecule has 174 valence electrons. The third-order valence-corrected chi connectivity index (χ3v) is 6.67. The number of aromatic nitrogens is 1. The molecule has 1 saturated heterocycles. The highest BCUT2D eigenvalue weighted by molar-refractivity contribution is 7.22. The number of ether oxygens (including phenoxy) is 3. The first kappa shape index (κ1) is 22.0. The zero-order valence-electron chi connectivity index (χ0n) is 17.8. The SMILES string of the molecule is O=C(C1COc2ccccc2O1)N(CCCN1CCOCC1)c1nc2c(F)cc(F)cc2s1. The Morgan fingerprint density at radius 2 is 1.97 bits per heavy atom. The van der Waals surface area contributed by atoms with Crippen molar-refractivity contribution in [3.05, 3.63) is 48.0 Å². The Morgan fingerprint density at radius 3 is 2.79 bits per heavy atom. The van der Waals surface area contributed by atoms with E-state index in [1.54, 1.807) is 18.2 Å². The summed E-state index contributed by atoms with van der Waals surface area (Å²) >= 11 is 1.08. The summed E-state index contributed by atoms with van der Waals surface area (Å²) in [6.45, 7) is 4.28. The number of fused-ring (bicyclic) bond motifs is 2. The zero-order chi connectivity index (χ0) is 22.8. The first-order valence-electron chi connectivity index (χ1n) is 10.8. The summed E-state index contributed by atoms with van der Waals surface area (Å²) in [4.78, 5) is 21.6. The van der Waals surface area contributed by atoms with Crippen LogP contribution in [0.3, 0.4) is 0 Å². The Labute approximate surface area is 193 Å². The van der Waals surface area contributed by atoms with E-state index in [1.807, 2.05) is 6.07 Å². The van der Waals surface area contributed by atoms with Crippen molar-refractivity contribution in [2.24, 2.45) is 0 Å². The minimum Gasteiger partial charge on any atom is -0.485 e. The molecule has 10 heteroatoms. The molecule has 2 aliphatic heterocycles. The number of carbonyl (C=O) groups excluding carboxylic acids is 1. The lowest BCUT2D eigenvalue weighted by molar-refractivity contribution is -0.127. The maximum atomic E-state index is 14.3. The first-order valence-corrected chi connectivity index (χ1v) is 11.7. The molecular weight excluding hydrogens is 452 g/mol. The Bertz CT molecular complexity index is 1150. The van der Waals surface area contributed by atoms with Gasteiger partial charge in [0, 0.05) is 32.2 Å². The van der Waals surface area contributed by atoms with E-state index in [2.05, 4.69) is 9.88 Å². The van der Waals surface area contributed by atoms with Gasteiger partial charge < -0.3 is 14.2 Å². The molecule has 0 aliphatic carbocycles. The standard InChI is InChI=1S/C23H23F2N3O4S/c24-15-12-16(25)21-20(13-15)33-23(26-21)28(7-3-6-27-8-10-30-11-9-27)22(29)19-14-31-17-4-1-2-5-18(17)32-19/h1-2,4-5,12-13,19H,3,6-11,14H2. The van der Waals surface area contributed by atoms with E-state index in [-0.39, 0.29) is 18.0 Å². The molecular formula is C23H23F2N3O4S. The first-order chi connectivity index (χ1) is 16.1. The van der Waals surface area contributed by atoms with Crippen molar-refractivity contribution in [1.29, 1.82) is 0 Å². The molecule has 1 fully saturated rings. The Hall–Kier alpha value is -2.82. The molecule has 1 atom stereocenters. The number of rotatable bonds is 6. The number of halogens is 2. The number of nitrogens with zero attached hydrogens (tertiary/aromatic N) is 3. The van der Waals surface area contributed by atoms with Gasteiger partial charge in [-0.2, -0.15) is 0 Å². The second-order valence-electron chi connectivity index (χ2n) is 7.89. The molecule has 1 unspecified atom stereocenters. The summed E-state index contributed by atoms with van der Waals surface area (Å²) in [6, 6.07) is 9.18. The summed E-state index contributed by atoms with van der Waals surface area (Å²) in [5.74, 6) is -0.683. The van der Waals surface area contributed by atoms with E-state index in [4.69, 9.17) is 14.2 Å². The van der Waals surface area contributed by atoms with Gasteiger partial charge in [0.05, 0.1) is 17.9 Å². The van der Waals surface area contributed by atoms with Crippen LogP contribution in [-0.2, 0) is 9.53 Å². The highest BCUT2D eigenvalue weighted by Crippen LogP contribution is 2.34. The van der Waals surface area contributed by atoms with Crippen molar-refractivity contribution in [2.45, 2.75) is 12.5 Å². The van der Waals surface area contributed by atoms with Crippen molar-refractivity contribution < 1.29 is 27.8 Å². The number of morpholine rings is 1. The van der Waals surface area contributed by atoms with Crippen LogP contribution in [0.2, 0.25) is 0 Å². The summed E-state index contributed by atoms with van der Waals surface area (Å²) in [7, 11) is 0. The van der Waals surface area contributed by atoms with Gasteiger partial charge in [0.25, 0.3) is 5.91 Å². The minimum absolute atomic E-state index is 0.0496. The van der Waals surface area contributed by atoms with Crippen molar-refractivity contribution in [2.75, 3.05) is 50.9 Å². The molecule has 0 spiro atoms. The summed E-state index contributed by atoms with van der Waals surface area (Å²) in [6.07, 6.45) is -0.181. The van der Waals surface area contributed by atoms with Crippen LogP contribution >= 0.6 is 11.3 Å². The highest BCUT2D eigenvalue weighted by Gasteiger charge is 2.33.